The summed E-state index contributed by atoms with van der Waals surface area (Å²) in [4.78, 5) is 4.89. The van der Waals surface area contributed by atoms with Crippen LogP contribution in [-0.2, 0) is 0 Å². The van der Waals surface area contributed by atoms with Crippen molar-refractivity contribution in [2.75, 3.05) is 9.80 Å². The summed E-state index contributed by atoms with van der Waals surface area (Å²) >= 11 is 0. The lowest BCUT2D eigenvalue weighted by Crippen LogP contribution is -2.12. The van der Waals surface area contributed by atoms with Gasteiger partial charge in [-0.25, -0.2) is 0 Å². The summed E-state index contributed by atoms with van der Waals surface area (Å²) < 4.78 is 0. The van der Waals surface area contributed by atoms with Gasteiger partial charge in [-0.1, -0.05) is 194 Å². The molecule has 2 heteroatoms. The lowest BCUT2D eigenvalue weighted by atomic mass is 9.91. The van der Waals surface area contributed by atoms with Crippen molar-refractivity contribution in [1.29, 1.82) is 0 Å². The van der Waals surface area contributed by atoms with Gasteiger partial charge < -0.3 is 9.80 Å². The molecule has 0 saturated carbocycles. The van der Waals surface area contributed by atoms with Gasteiger partial charge in [-0.05, 0) is 139 Å². The van der Waals surface area contributed by atoms with Crippen LogP contribution in [-0.4, -0.2) is 0 Å². The summed E-state index contributed by atoms with van der Waals surface area (Å²) in [5, 5.41) is 7.32. The molecule has 2 nitrogen and oxygen atoms in total. The first-order valence-corrected chi connectivity index (χ1v) is 22.7. The molecular weight excluding hydrogens is 797 g/mol. The van der Waals surface area contributed by atoms with Gasteiger partial charge in [0, 0.05) is 33.5 Å². The zero-order valence-electron chi connectivity index (χ0n) is 36.3. The van der Waals surface area contributed by atoms with Gasteiger partial charge in [0.05, 0.1) is 11.4 Å². The Hall–Kier alpha value is -8.72. The number of hydrogen-bond acceptors (Lipinski definition) is 2. The van der Waals surface area contributed by atoms with Crippen molar-refractivity contribution in [1.82, 2.24) is 0 Å². The lowest BCUT2D eigenvalue weighted by molar-refractivity contribution is 1.30. The smallest absolute Gasteiger partial charge is 0.0540 e. The van der Waals surface area contributed by atoms with Crippen LogP contribution < -0.4 is 9.80 Å². The van der Waals surface area contributed by atoms with Crippen LogP contribution in [0.2, 0.25) is 0 Å². The van der Waals surface area contributed by atoms with Gasteiger partial charge in [-0.15, -0.1) is 0 Å². The Morgan fingerprint density at radius 2 is 0.470 bits per heavy atom. The summed E-state index contributed by atoms with van der Waals surface area (Å²) in [7, 11) is 0. The maximum Gasteiger partial charge on any atom is 0.0540 e. The lowest BCUT2D eigenvalue weighted by Gasteiger charge is -2.30. The van der Waals surface area contributed by atoms with Gasteiger partial charge in [0.2, 0.25) is 0 Å². The van der Waals surface area contributed by atoms with Crippen LogP contribution in [0.3, 0.4) is 0 Å². The van der Waals surface area contributed by atoms with E-state index in [1.165, 1.54) is 76.8 Å². The minimum absolute atomic E-state index is 1.10. The largest absolute Gasteiger partial charge is 0.310 e. The second-order valence-electron chi connectivity index (χ2n) is 16.9. The Balaban J connectivity index is 1.09. The molecule has 0 radical (unpaired) electrons. The first-order chi connectivity index (χ1) is 32.7. The van der Waals surface area contributed by atoms with Crippen molar-refractivity contribution in [2.24, 2.45) is 0 Å². The van der Waals surface area contributed by atoms with Crippen molar-refractivity contribution < 1.29 is 0 Å². The number of rotatable bonds is 10. The first kappa shape index (κ1) is 38.9. The van der Waals surface area contributed by atoms with E-state index in [2.05, 4.69) is 277 Å². The van der Waals surface area contributed by atoms with Crippen molar-refractivity contribution >= 4 is 66.4 Å². The topological polar surface area (TPSA) is 6.48 Å². The summed E-state index contributed by atoms with van der Waals surface area (Å²) in [6, 6.07) is 97.1. The molecule has 0 atom stereocenters. The van der Waals surface area contributed by atoms with Gasteiger partial charge in [0.25, 0.3) is 0 Å². The van der Waals surface area contributed by atoms with E-state index < -0.39 is 0 Å². The van der Waals surface area contributed by atoms with Gasteiger partial charge in [-0.3, -0.25) is 0 Å². The van der Waals surface area contributed by atoms with Crippen LogP contribution in [0.1, 0.15) is 0 Å². The highest BCUT2D eigenvalue weighted by molar-refractivity contribution is 6.28. The molecule has 0 aromatic heterocycles. The Labute approximate surface area is 385 Å². The molecule has 0 unspecified atom stereocenters. The SMILES string of the molecule is c1ccc(-c2cc(-c3ccccc3)cc(N(c3ccccc3)c3ccc4ccc5c(N(c6ccccc6)c6cc(-c7ccccc7)cc(-c7ccccc7)c6)ccc6ccc3c4c65)c2)cc1. The fourth-order valence-corrected chi connectivity index (χ4v) is 9.84. The molecule has 0 saturated heterocycles. The van der Waals surface area contributed by atoms with Crippen LogP contribution in [0, 0.1) is 0 Å². The third kappa shape index (κ3) is 7.12. The van der Waals surface area contributed by atoms with E-state index in [0.717, 1.165) is 34.1 Å². The van der Waals surface area contributed by atoms with Crippen LogP contribution in [0.25, 0.3) is 76.8 Å². The zero-order valence-corrected chi connectivity index (χ0v) is 36.3. The fraction of sp³-hybridized carbons (Fsp3) is 0. The molecule has 12 rings (SSSR count). The van der Waals surface area contributed by atoms with Crippen molar-refractivity contribution in [3.05, 3.63) is 267 Å². The van der Waals surface area contributed by atoms with E-state index >= 15 is 0 Å². The molecule has 0 aliphatic rings. The molecule has 0 N–H and O–H groups in total. The normalized spacial score (nSPS) is 11.3. The van der Waals surface area contributed by atoms with Crippen molar-refractivity contribution in [3.8, 4) is 44.5 Å². The molecule has 0 bridgehead atoms. The highest BCUT2D eigenvalue weighted by Gasteiger charge is 2.23. The molecule has 0 heterocycles. The van der Waals surface area contributed by atoms with Crippen LogP contribution in [0.4, 0.5) is 34.1 Å². The molecule has 12 aromatic carbocycles. The molecule has 0 aliphatic heterocycles. The highest BCUT2D eigenvalue weighted by Crippen LogP contribution is 2.49. The summed E-state index contributed by atoms with van der Waals surface area (Å²) in [6.07, 6.45) is 0. The Bertz CT molecular complexity index is 3250. The monoisotopic (exact) mass is 840 g/mol. The van der Waals surface area contributed by atoms with E-state index in [4.69, 9.17) is 0 Å². The van der Waals surface area contributed by atoms with Crippen LogP contribution >= 0.6 is 0 Å². The summed E-state index contributed by atoms with van der Waals surface area (Å²) in [6.45, 7) is 0. The zero-order chi connectivity index (χ0) is 43.8. The second kappa shape index (κ2) is 16.8. The van der Waals surface area contributed by atoms with Gasteiger partial charge in [-0.2, -0.15) is 0 Å². The Morgan fingerprint density at radius 1 is 0.197 bits per heavy atom. The molecule has 0 fully saturated rings. The van der Waals surface area contributed by atoms with Gasteiger partial charge >= 0.3 is 0 Å². The summed E-state index contributed by atoms with van der Waals surface area (Å²) in [5.41, 5.74) is 16.0. The van der Waals surface area contributed by atoms with Gasteiger partial charge in [0.15, 0.2) is 0 Å². The maximum atomic E-state index is 2.45. The maximum absolute atomic E-state index is 2.45. The minimum Gasteiger partial charge on any atom is -0.310 e. The fourth-order valence-electron chi connectivity index (χ4n) is 9.84. The van der Waals surface area contributed by atoms with E-state index in [0.29, 0.717) is 0 Å². The number of para-hydroxylation sites is 2. The predicted molar refractivity (Wildman–Crippen MR) is 281 cm³/mol. The standard InChI is InChI=1S/C64H44N2/c1-7-19-45(20-8-1)51-39-52(46-21-9-2-10-22-46)42-57(41-51)65(55-27-15-5-16-28-55)61-37-33-49-32-36-60-62(38-34-50-31-35-59(61)63(49)64(50)60)66(56-29-17-6-18-30-56)58-43-53(47-23-11-3-12-24-47)40-54(44-58)48-25-13-4-14-26-48/h1-44H. The quantitative estimate of drug-likeness (QED) is 0.127. The summed E-state index contributed by atoms with van der Waals surface area (Å²) in [5.74, 6) is 0. The Kier molecular flexibility index (Phi) is 9.89. The molecule has 66 heavy (non-hydrogen) atoms. The third-order valence-corrected chi connectivity index (χ3v) is 12.9. The molecule has 310 valence electrons. The Morgan fingerprint density at radius 3 is 0.773 bits per heavy atom. The van der Waals surface area contributed by atoms with Crippen LogP contribution in [0.15, 0.2) is 267 Å². The van der Waals surface area contributed by atoms with E-state index in [9.17, 15) is 0 Å². The van der Waals surface area contributed by atoms with E-state index in [1.54, 1.807) is 0 Å². The molecule has 0 amide bonds. The molecule has 0 aliphatic carbocycles. The minimum atomic E-state index is 1.10. The van der Waals surface area contributed by atoms with Crippen molar-refractivity contribution in [2.45, 2.75) is 0 Å². The number of nitrogens with zero attached hydrogens (tertiary/aromatic N) is 2. The number of hydrogen-bond donors (Lipinski definition) is 0. The highest BCUT2D eigenvalue weighted by atomic mass is 15.1. The third-order valence-electron chi connectivity index (χ3n) is 12.9. The molecular formula is C64H44N2. The van der Waals surface area contributed by atoms with E-state index in [-0.39, 0.29) is 0 Å². The average Bonchev–Trinajstić information content (AvgIpc) is 3.40. The van der Waals surface area contributed by atoms with Gasteiger partial charge in [0.1, 0.15) is 0 Å². The van der Waals surface area contributed by atoms with E-state index in [1.807, 2.05) is 0 Å². The molecule has 12 aromatic rings. The number of benzene rings is 12. The second-order valence-corrected chi connectivity index (χ2v) is 16.9. The van der Waals surface area contributed by atoms with Crippen molar-refractivity contribution in [3.63, 3.8) is 0 Å². The molecule has 0 spiro atoms. The van der Waals surface area contributed by atoms with Crippen LogP contribution in [0.5, 0.6) is 0 Å². The predicted octanol–water partition coefficient (Wildman–Crippen LogP) is 18.2. The number of anilines is 6. The first-order valence-electron chi connectivity index (χ1n) is 22.7. The average molecular weight is 841 g/mol.